The SMILES string of the molecule is Cc1nc(CNc2cccc(N)c2)no1. The fourth-order valence-corrected chi connectivity index (χ4v) is 1.24. The molecule has 78 valence electrons. The summed E-state index contributed by atoms with van der Waals surface area (Å²) in [5.74, 6) is 1.20. The van der Waals surface area contributed by atoms with Gasteiger partial charge in [0.05, 0.1) is 6.54 Å². The largest absolute Gasteiger partial charge is 0.399 e. The van der Waals surface area contributed by atoms with Crippen LogP contribution in [0.5, 0.6) is 0 Å². The van der Waals surface area contributed by atoms with Crippen LogP contribution in [0.4, 0.5) is 11.4 Å². The lowest BCUT2D eigenvalue weighted by Gasteiger charge is -2.03. The van der Waals surface area contributed by atoms with E-state index in [1.807, 2.05) is 24.3 Å². The van der Waals surface area contributed by atoms with E-state index in [0.29, 0.717) is 18.3 Å². The van der Waals surface area contributed by atoms with Gasteiger partial charge in [-0.3, -0.25) is 0 Å². The molecule has 0 fully saturated rings. The Morgan fingerprint density at radius 3 is 3.00 bits per heavy atom. The molecule has 15 heavy (non-hydrogen) atoms. The normalized spacial score (nSPS) is 10.2. The molecule has 0 unspecified atom stereocenters. The molecule has 0 saturated heterocycles. The predicted molar refractivity (Wildman–Crippen MR) is 57.2 cm³/mol. The van der Waals surface area contributed by atoms with Crippen LogP contribution in [0.1, 0.15) is 11.7 Å². The van der Waals surface area contributed by atoms with E-state index in [1.54, 1.807) is 6.92 Å². The molecule has 0 bridgehead atoms. The lowest BCUT2D eigenvalue weighted by Crippen LogP contribution is -2.01. The maximum absolute atomic E-state index is 5.64. The molecule has 0 aliphatic carbocycles. The van der Waals surface area contributed by atoms with E-state index >= 15 is 0 Å². The van der Waals surface area contributed by atoms with Crippen molar-refractivity contribution in [2.75, 3.05) is 11.1 Å². The first-order chi connectivity index (χ1) is 7.24. The zero-order valence-corrected chi connectivity index (χ0v) is 8.40. The number of aromatic nitrogens is 2. The monoisotopic (exact) mass is 204 g/mol. The molecule has 1 aromatic carbocycles. The third-order valence-corrected chi connectivity index (χ3v) is 1.91. The number of benzene rings is 1. The Labute approximate surface area is 87.3 Å². The number of nitrogens with two attached hydrogens (primary N) is 1. The molecule has 0 aliphatic heterocycles. The summed E-state index contributed by atoms with van der Waals surface area (Å²) in [4.78, 5) is 4.08. The molecule has 2 aromatic rings. The Kier molecular flexibility index (Phi) is 2.53. The molecule has 5 heteroatoms. The number of anilines is 2. The molecule has 0 radical (unpaired) electrons. The quantitative estimate of drug-likeness (QED) is 0.742. The van der Waals surface area contributed by atoms with Crippen LogP contribution in [0.25, 0.3) is 0 Å². The van der Waals surface area contributed by atoms with Gasteiger partial charge in [0, 0.05) is 18.3 Å². The van der Waals surface area contributed by atoms with E-state index in [4.69, 9.17) is 10.3 Å². The number of nitrogens with one attached hydrogen (secondary N) is 1. The molecular weight excluding hydrogens is 192 g/mol. The average Bonchev–Trinajstić information content (AvgIpc) is 2.62. The van der Waals surface area contributed by atoms with Crippen LogP contribution < -0.4 is 11.1 Å². The van der Waals surface area contributed by atoms with Crippen molar-refractivity contribution in [2.24, 2.45) is 0 Å². The van der Waals surface area contributed by atoms with Crippen LogP contribution in [0.15, 0.2) is 28.8 Å². The van der Waals surface area contributed by atoms with Gasteiger partial charge in [0.15, 0.2) is 5.82 Å². The summed E-state index contributed by atoms with van der Waals surface area (Å²) in [5.41, 5.74) is 7.31. The van der Waals surface area contributed by atoms with Crippen LogP contribution in [0.2, 0.25) is 0 Å². The van der Waals surface area contributed by atoms with Crippen LogP contribution in [0.3, 0.4) is 0 Å². The molecule has 0 atom stereocenters. The maximum Gasteiger partial charge on any atom is 0.223 e. The predicted octanol–water partition coefficient (Wildman–Crippen LogP) is 1.57. The van der Waals surface area contributed by atoms with Gasteiger partial charge in [-0.15, -0.1) is 0 Å². The van der Waals surface area contributed by atoms with Crippen molar-refractivity contribution in [3.8, 4) is 0 Å². The number of nitrogen functional groups attached to an aromatic ring is 1. The zero-order valence-electron chi connectivity index (χ0n) is 8.40. The third-order valence-electron chi connectivity index (χ3n) is 1.91. The minimum absolute atomic E-state index is 0.529. The van der Waals surface area contributed by atoms with Crippen LogP contribution in [-0.2, 0) is 6.54 Å². The van der Waals surface area contributed by atoms with E-state index < -0.39 is 0 Å². The highest BCUT2D eigenvalue weighted by atomic mass is 16.5. The van der Waals surface area contributed by atoms with Crippen molar-refractivity contribution >= 4 is 11.4 Å². The average molecular weight is 204 g/mol. The summed E-state index contributed by atoms with van der Waals surface area (Å²) in [6.45, 7) is 2.29. The Morgan fingerprint density at radius 2 is 2.33 bits per heavy atom. The van der Waals surface area contributed by atoms with Gasteiger partial charge in [-0.25, -0.2) is 0 Å². The summed E-state index contributed by atoms with van der Waals surface area (Å²) in [6, 6.07) is 7.51. The van der Waals surface area contributed by atoms with E-state index in [1.165, 1.54) is 0 Å². The molecule has 1 heterocycles. The van der Waals surface area contributed by atoms with E-state index in [9.17, 15) is 0 Å². The second-order valence-corrected chi connectivity index (χ2v) is 3.21. The van der Waals surface area contributed by atoms with Crippen LogP contribution in [0, 0.1) is 6.92 Å². The second kappa shape index (κ2) is 4.00. The van der Waals surface area contributed by atoms with Crippen molar-refractivity contribution in [1.29, 1.82) is 0 Å². The smallest absolute Gasteiger partial charge is 0.223 e. The molecule has 3 N–H and O–H groups in total. The minimum Gasteiger partial charge on any atom is -0.399 e. The first kappa shape index (κ1) is 9.51. The lowest BCUT2D eigenvalue weighted by atomic mass is 10.3. The van der Waals surface area contributed by atoms with Crippen molar-refractivity contribution in [2.45, 2.75) is 13.5 Å². The molecule has 0 amide bonds. The molecule has 0 aliphatic rings. The summed E-state index contributed by atoms with van der Waals surface area (Å²) in [5, 5.41) is 6.92. The standard InChI is InChI=1S/C10H12N4O/c1-7-13-10(14-15-7)6-12-9-4-2-3-8(11)5-9/h2-5,12H,6,11H2,1H3. The molecule has 0 saturated carbocycles. The van der Waals surface area contributed by atoms with Crippen molar-refractivity contribution in [3.63, 3.8) is 0 Å². The van der Waals surface area contributed by atoms with Gasteiger partial charge in [-0.05, 0) is 18.2 Å². The van der Waals surface area contributed by atoms with E-state index in [0.717, 1.165) is 11.4 Å². The van der Waals surface area contributed by atoms with Gasteiger partial charge in [0.1, 0.15) is 0 Å². The highest BCUT2D eigenvalue weighted by Crippen LogP contribution is 2.12. The molecular formula is C10H12N4O. The fraction of sp³-hybridized carbons (Fsp3) is 0.200. The van der Waals surface area contributed by atoms with Gasteiger partial charge < -0.3 is 15.6 Å². The Bertz CT molecular complexity index is 452. The summed E-state index contributed by atoms with van der Waals surface area (Å²) < 4.78 is 4.85. The topological polar surface area (TPSA) is 77.0 Å². The fourth-order valence-electron chi connectivity index (χ4n) is 1.24. The van der Waals surface area contributed by atoms with Crippen LogP contribution >= 0.6 is 0 Å². The van der Waals surface area contributed by atoms with Crippen molar-refractivity contribution < 1.29 is 4.52 Å². The summed E-state index contributed by atoms with van der Waals surface area (Å²) >= 11 is 0. The maximum atomic E-state index is 5.64. The van der Waals surface area contributed by atoms with Gasteiger partial charge in [0.2, 0.25) is 5.89 Å². The molecule has 1 aromatic heterocycles. The van der Waals surface area contributed by atoms with Gasteiger partial charge in [0.25, 0.3) is 0 Å². The molecule has 0 spiro atoms. The first-order valence-corrected chi connectivity index (χ1v) is 4.62. The number of hydrogen-bond acceptors (Lipinski definition) is 5. The molecule has 5 nitrogen and oxygen atoms in total. The Hall–Kier alpha value is -2.04. The number of hydrogen-bond donors (Lipinski definition) is 2. The summed E-state index contributed by atoms with van der Waals surface area (Å²) in [7, 11) is 0. The van der Waals surface area contributed by atoms with E-state index in [2.05, 4.69) is 15.5 Å². The number of rotatable bonds is 3. The third kappa shape index (κ3) is 2.46. The van der Waals surface area contributed by atoms with Crippen molar-refractivity contribution in [1.82, 2.24) is 10.1 Å². The first-order valence-electron chi connectivity index (χ1n) is 4.62. The minimum atomic E-state index is 0.529. The Balaban J connectivity index is 1.99. The Morgan fingerprint density at radius 1 is 1.47 bits per heavy atom. The molecule has 2 rings (SSSR count). The zero-order chi connectivity index (χ0) is 10.7. The van der Waals surface area contributed by atoms with E-state index in [-0.39, 0.29) is 0 Å². The number of aryl methyl sites for hydroxylation is 1. The van der Waals surface area contributed by atoms with Gasteiger partial charge in [-0.1, -0.05) is 11.2 Å². The van der Waals surface area contributed by atoms with Crippen molar-refractivity contribution in [3.05, 3.63) is 36.0 Å². The lowest BCUT2D eigenvalue weighted by molar-refractivity contribution is 0.388. The second-order valence-electron chi connectivity index (χ2n) is 3.21. The van der Waals surface area contributed by atoms with Crippen LogP contribution in [-0.4, -0.2) is 10.1 Å². The van der Waals surface area contributed by atoms with Gasteiger partial charge in [-0.2, -0.15) is 4.98 Å². The number of nitrogens with zero attached hydrogens (tertiary/aromatic N) is 2. The highest BCUT2D eigenvalue weighted by molar-refractivity contribution is 5.53. The van der Waals surface area contributed by atoms with Gasteiger partial charge >= 0.3 is 0 Å². The summed E-state index contributed by atoms with van der Waals surface area (Å²) in [6.07, 6.45) is 0. The highest BCUT2D eigenvalue weighted by Gasteiger charge is 2.01.